The third-order valence-corrected chi connectivity index (χ3v) is 6.69. The number of carbonyl (C=O) groups is 1. The number of halogens is 4. The second kappa shape index (κ2) is 12.0. The molecule has 0 radical (unpaired) electrons. The highest BCUT2D eigenvalue weighted by atomic mass is 35.5. The van der Waals surface area contributed by atoms with E-state index in [4.69, 9.17) is 26.2 Å². The first-order chi connectivity index (χ1) is 19.0. The average Bonchev–Trinajstić information content (AvgIpc) is 3.34. The molecule has 11 heteroatoms. The van der Waals surface area contributed by atoms with Crippen LogP contribution in [0.2, 0.25) is 5.02 Å². The molecule has 0 aliphatic carbocycles. The van der Waals surface area contributed by atoms with Gasteiger partial charge in [-0.05, 0) is 66.6 Å². The van der Waals surface area contributed by atoms with E-state index < -0.39 is 23.6 Å². The summed E-state index contributed by atoms with van der Waals surface area (Å²) in [5.41, 5.74) is 1.57. The molecule has 3 aromatic carbocycles. The molecule has 0 fully saturated rings. The van der Waals surface area contributed by atoms with Crippen molar-refractivity contribution in [2.24, 2.45) is 0 Å². The van der Waals surface area contributed by atoms with Gasteiger partial charge in [0.05, 0.1) is 25.0 Å². The van der Waals surface area contributed by atoms with Gasteiger partial charge in [-0.25, -0.2) is 0 Å². The predicted octanol–water partition coefficient (Wildman–Crippen LogP) is 6.08. The van der Waals surface area contributed by atoms with Crippen LogP contribution in [0.15, 0.2) is 60.5 Å². The van der Waals surface area contributed by atoms with Gasteiger partial charge in [-0.2, -0.15) is 13.2 Å². The van der Waals surface area contributed by atoms with E-state index in [1.54, 1.807) is 49.4 Å². The molecular formula is C29H27ClF3N2O5-. The van der Waals surface area contributed by atoms with E-state index in [1.807, 2.05) is 0 Å². The molecule has 1 aliphatic rings. The smallest absolute Gasteiger partial charge is 0.416 e. The number of rotatable bonds is 10. The Labute approximate surface area is 234 Å². The number of carboxylic acids is 1. The molecule has 2 N–H and O–H groups in total. The predicted molar refractivity (Wildman–Crippen MR) is 145 cm³/mol. The number of methoxy groups -OCH3 is 1. The SMILES string of the molecule is COc1cc(N/C(=C(/[O-])N2CCc3c(C)cc(C(F)(F)F)cc32)c2ccc(Cl)cc2)cc(OCCCC(=O)O)c1. The summed E-state index contributed by atoms with van der Waals surface area (Å²) in [7, 11) is 1.46. The highest BCUT2D eigenvalue weighted by Gasteiger charge is 2.34. The number of hydrogen-bond donors (Lipinski definition) is 2. The molecule has 4 rings (SSSR count). The van der Waals surface area contributed by atoms with Crippen LogP contribution < -0.4 is 24.8 Å². The Morgan fingerprint density at radius 3 is 2.48 bits per heavy atom. The minimum absolute atomic E-state index is 0.0507. The Balaban J connectivity index is 1.75. The Morgan fingerprint density at radius 1 is 1.12 bits per heavy atom. The molecule has 0 saturated carbocycles. The Bertz CT molecular complexity index is 1420. The van der Waals surface area contributed by atoms with Gasteiger partial charge < -0.3 is 29.9 Å². The minimum atomic E-state index is -4.56. The molecule has 3 aromatic rings. The van der Waals surface area contributed by atoms with Gasteiger partial charge in [0.1, 0.15) is 11.5 Å². The van der Waals surface area contributed by atoms with Crippen molar-refractivity contribution >= 4 is 34.6 Å². The quantitative estimate of drug-likeness (QED) is 0.223. The summed E-state index contributed by atoms with van der Waals surface area (Å²) in [6.45, 7) is 1.97. The van der Waals surface area contributed by atoms with Crippen molar-refractivity contribution in [1.82, 2.24) is 0 Å². The van der Waals surface area contributed by atoms with Gasteiger partial charge in [0, 0.05) is 47.6 Å². The topological polar surface area (TPSA) is 94.1 Å². The monoisotopic (exact) mass is 575 g/mol. The third kappa shape index (κ3) is 6.74. The number of aryl methyl sites for hydroxylation is 1. The first-order valence-electron chi connectivity index (χ1n) is 12.4. The average molecular weight is 576 g/mol. The van der Waals surface area contributed by atoms with Crippen molar-refractivity contribution < 1.29 is 37.7 Å². The zero-order valence-electron chi connectivity index (χ0n) is 21.8. The van der Waals surface area contributed by atoms with E-state index in [0.717, 1.165) is 12.1 Å². The fourth-order valence-electron chi connectivity index (χ4n) is 4.49. The van der Waals surface area contributed by atoms with Gasteiger partial charge in [-0.1, -0.05) is 23.7 Å². The molecule has 1 heterocycles. The van der Waals surface area contributed by atoms with Crippen LogP contribution in [0.3, 0.4) is 0 Å². The highest BCUT2D eigenvalue weighted by Crippen LogP contribution is 2.40. The molecule has 0 unspecified atom stereocenters. The normalized spacial score (nSPS) is 13.5. The number of anilines is 2. The van der Waals surface area contributed by atoms with Crippen LogP contribution >= 0.6 is 11.6 Å². The van der Waals surface area contributed by atoms with Gasteiger partial charge in [0.15, 0.2) is 0 Å². The molecule has 0 amide bonds. The van der Waals surface area contributed by atoms with E-state index in [2.05, 4.69) is 5.32 Å². The van der Waals surface area contributed by atoms with Crippen LogP contribution in [-0.2, 0) is 17.4 Å². The Hall–Kier alpha value is -4.05. The third-order valence-electron chi connectivity index (χ3n) is 6.43. The van der Waals surface area contributed by atoms with Crippen LogP contribution in [0.25, 0.3) is 5.70 Å². The van der Waals surface area contributed by atoms with Gasteiger partial charge >= 0.3 is 12.1 Å². The maximum absolute atomic E-state index is 14.0. The zero-order chi connectivity index (χ0) is 29.0. The number of nitrogens with one attached hydrogen (secondary N) is 1. The summed E-state index contributed by atoms with van der Waals surface area (Å²) in [6.07, 6.45) is -3.89. The maximum Gasteiger partial charge on any atom is 0.416 e. The minimum Gasteiger partial charge on any atom is -0.859 e. The Morgan fingerprint density at radius 2 is 1.82 bits per heavy atom. The van der Waals surface area contributed by atoms with Crippen molar-refractivity contribution in [3.63, 3.8) is 0 Å². The van der Waals surface area contributed by atoms with Gasteiger partial charge in [-0.3, -0.25) is 4.79 Å². The van der Waals surface area contributed by atoms with Crippen molar-refractivity contribution in [1.29, 1.82) is 0 Å². The van der Waals surface area contributed by atoms with Crippen LogP contribution in [0, 0.1) is 6.92 Å². The van der Waals surface area contributed by atoms with Crippen LogP contribution in [-0.4, -0.2) is 31.3 Å². The number of hydrogen-bond acceptors (Lipinski definition) is 6. The van der Waals surface area contributed by atoms with Gasteiger partial charge in [0.25, 0.3) is 0 Å². The molecule has 7 nitrogen and oxygen atoms in total. The van der Waals surface area contributed by atoms with Crippen molar-refractivity contribution in [2.75, 3.05) is 30.5 Å². The maximum atomic E-state index is 14.0. The molecule has 1 aliphatic heterocycles. The van der Waals surface area contributed by atoms with Crippen molar-refractivity contribution in [3.05, 3.63) is 87.8 Å². The van der Waals surface area contributed by atoms with E-state index in [9.17, 15) is 23.1 Å². The summed E-state index contributed by atoms with van der Waals surface area (Å²) >= 11 is 6.07. The molecule has 0 bridgehead atoms. The number of alkyl halides is 3. The fourth-order valence-corrected chi connectivity index (χ4v) is 4.61. The summed E-state index contributed by atoms with van der Waals surface area (Å²) < 4.78 is 51.8. The molecule has 0 spiro atoms. The van der Waals surface area contributed by atoms with Gasteiger partial charge in [0.2, 0.25) is 0 Å². The van der Waals surface area contributed by atoms with Crippen LogP contribution in [0.1, 0.15) is 35.1 Å². The van der Waals surface area contributed by atoms with E-state index >= 15 is 0 Å². The first-order valence-corrected chi connectivity index (χ1v) is 12.8. The van der Waals surface area contributed by atoms with Crippen LogP contribution in [0.4, 0.5) is 24.5 Å². The summed E-state index contributed by atoms with van der Waals surface area (Å²) in [6, 6.07) is 13.5. The molecule has 212 valence electrons. The second-order valence-electron chi connectivity index (χ2n) is 9.25. The lowest BCUT2D eigenvalue weighted by Gasteiger charge is -2.32. The lowest BCUT2D eigenvalue weighted by Crippen LogP contribution is -2.31. The largest absolute Gasteiger partial charge is 0.859 e. The van der Waals surface area contributed by atoms with Gasteiger partial charge in [-0.15, -0.1) is 0 Å². The summed E-state index contributed by atoms with van der Waals surface area (Å²) in [5.74, 6) is -0.657. The van der Waals surface area contributed by atoms with Crippen LogP contribution in [0.5, 0.6) is 11.5 Å². The number of nitrogens with zero attached hydrogens (tertiary/aromatic N) is 1. The molecule has 40 heavy (non-hydrogen) atoms. The molecule has 0 aromatic heterocycles. The second-order valence-corrected chi connectivity index (χ2v) is 9.68. The van der Waals surface area contributed by atoms with Crippen molar-refractivity contribution in [2.45, 2.75) is 32.4 Å². The number of carboxylic acid groups (broad SMARTS) is 1. The first kappa shape index (κ1) is 28.9. The zero-order valence-corrected chi connectivity index (χ0v) is 22.5. The standard InChI is InChI=1S/C29H28ClF3N2O5/c1-17-12-19(29(31,32)33)13-25-24(17)9-10-35(25)28(38)27(18-5-7-20(30)8-6-18)34-21-14-22(39-2)16-23(15-21)40-11-3-4-26(36)37/h5-8,12-16,34,38H,3-4,9-11H2,1-2H3,(H,36,37)/p-1/b28-27+. The number of ether oxygens (including phenoxy) is 2. The van der Waals surface area contributed by atoms with E-state index in [0.29, 0.717) is 51.7 Å². The van der Waals surface area contributed by atoms with E-state index in [1.165, 1.54) is 12.0 Å². The molecule has 0 atom stereocenters. The number of benzene rings is 3. The number of fused-ring (bicyclic) bond motifs is 1. The molecular weight excluding hydrogens is 549 g/mol. The van der Waals surface area contributed by atoms with Crippen molar-refractivity contribution in [3.8, 4) is 11.5 Å². The number of aliphatic carboxylic acids is 1. The summed E-state index contributed by atoms with van der Waals surface area (Å²) in [4.78, 5) is 12.1. The lowest BCUT2D eigenvalue weighted by molar-refractivity contribution is -0.303. The Kier molecular flexibility index (Phi) is 8.68. The summed E-state index contributed by atoms with van der Waals surface area (Å²) in [5, 5.41) is 26.4. The highest BCUT2D eigenvalue weighted by molar-refractivity contribution is 6.30. The lowest BCUT2D eigenvalue weighted by atomic mass is 10.0. The molecule has 0 saturated heterocycles. The van der Waals surface area contributed by atoms with E-state index in [-0.39, 0.29) is 31.0 Å². The fraction of sp³-hybridized carbons (Fsp3) is 0.276.